The first-order valence-corrected chi connectivity index (χ1v) is 10.7. The van der Waals surface area contributed by atoms with E-state index in [1.54, 1.807) is 0 Å². The summed E-state index contributed by atoms with van der Waals surface area (Å²) in [4.78, 5) is 18.7. The van der Waals surface area contributed by atoms with Gasteiger partial charge in [-0.3, -0.25) is 4.79 Å². The number of hydrogen-bond acceptors (Lipinski definition) is 2. The Labute approximate surface area is 170 Å². The molecule has 1 aliphatic carbocycles. The molecule has 0 radical (unpaired) electrons. The van der Waals surface area contributed by atoms with Crippen molar-refractivity contribution in [1.82, 2.24) is 15.2 Å². The number of nitrogens with zero attached hydrogens (tertiary/aromatic N) is 1. The van der Waals surface area contributed by atoms with Crippen molar-refractivity contribution in [2.45, 2.75) is 25.3 Å². The van der Waals surface area contributed by atoms with Crippen LogP contribution in [0.4, 0.5) is 0 Å². The number of carbonyl (C=O) groups excluding carboxylic acids is 1. The SMILES string of the molecule is O=C([C@@H]1C=C2c3cccc4[nH]c(-c5ccccc5)c(c34)C[C@H]2NC1)N1CCCC1. The highest BCUT2D eigenvalue weighted by Gasteiger charge is 2.35. The maximum Gasteiger partial charge on any atom is 0.230 e. The van der Waals surface area contributed by atoms with E-state index in [4.69, 9.17) is 0 Å². The Morgan fingerprint density at radius 2 is 1.83 bits per heavy atom. The Morgan fingerprint density at radius 3 is 2.66 bits per heavy atom. The van der Waals surface area contributed by atoms with Crippen LogP contribution in [0, 0.1) is 5.92 Å². The predicted molar refractivity (Wildman–Crippen MR) is 117 cm³/mol. The fraction of sp³-hybridized carbons (Fsp3) is 0.320. The molecule has 0 unspecified atom stereocenters. The van der Waals surface area contributed by atoms with Crippen molar-refractivity contribution in [2.24, 2.45) is 5.92 Å². The van der Waals surface area contributed by atoms with Crippen LogP contribution < -0.4 is 5.32 Å². The molecular formula is C25H25N3O. The van der Waals surface area contributed by atoms with Crippen LogP contribution in [-0.4, -0.2) is 41.5 Å². The lowest BCUT2D eigenvalue weighted by Crippen LogP contribution is -2.46. The van der Waals surface area contributed by atoms with E-state index in [2.05, 4.69) is 64.9 Å². The standard InChI is InChI=1S/C25H25N3O/c29-25(28-11-4-5-12-28)17-13-19-18-9-6-10-21-23(18)20(14-22(19)26-15-17)24(27-21)16-7-2-1-3-8-16/h1-3,6-10,13,17,22,26-27H,4-5,11-12,14-15H2/t17-,22-/m1/s1. The fourth-order valence-corrected chi connectivity index (χ4v) is 5.38. The molecule has 2 aliphatic heterocycles. The summed E-state index contributed by atoms with van der Waals surface area (Å²) in [6.07, 6.45) is 5.49. The van der Waals surface area contributed by atoms with E-state index in [0.717, 1.165) is 38.9 Å². The normalized spacial score (nSPS) is 23.2. The average Bonchev–Trinajstić information content (AvgIpc) is 3.43. The van der Waals surface area contributed by atoms with Gasteiger partial charge in [0.25, 0.3) is 0 Å². The van der Waals surface area contributed by atoms with Gasteiger partial charge in [-0.2, -0.15) is 0 Å². The number of nitrogens with one attached hydrogen (secondary N) is 2. The number of amides is 1. The number of likely N-dealkylation sites (tertiary alicyclic amines) is 1. The van der Waals surface area contributed by atoms with Crippen LogP contribution >= 0.6 is 0 Å². The van der Waals surface area contributed by atoms with E-state index in [1.165, 1.54) is 38.9 Å². The molecule has 1 aromatic heterocycles. The Kier molecular flexibility index (Phi) is 3.88. The highest BCUT2D eigenvalue weighted by atomic mass is 16.2. The second kappa shape index (κ2) is 6.60. The highest BCUT2D eigenvalue weighted by Crippen LogP contribution is 2.42. The average molecular weight is 383 g/mol. The first kappa shape index (κ1) is 17.0. The molecule has 29 heavy (non-hydrogen) atoms. The third-order valence-electron chi connectivity index (χ3n) is 6.78. The minimum atomic E-state index is -0.0521. The summed E-state index contributed by atoms with van der Waals surface area (Å²) >= 11 is 0. The monoisotopic (exact) mass is 383 g/mol. The van der Waals surface area contributed by atoms with Gasteiger partial charge in [0.2, 0.25) is 5.91 Å². The van der Waals surface area contributed by atoms with Gasteiger partial charge in [-0.25, -0.2) is 0 Å². The van der Waals surface area contributed by atoms with Crippen molar-refractivity contribution in [1.29, 1.82) is 0 Å². The van der Waals surface area contributed by atoms with E-state index in [1.807, 2.05) is 4.90 Å². The van der Waals surface area contributed by atoms with Gasteiger partial charge < -0.3 is 15.2 Å². The fourth-order valence-electron chi connectivity index (χ4n) is 5.38. The van der Waals surface area contributed by atoms with Gasteiger partial charge in [0.15, 0.2) is 0 Å². The third-order valence-corrected chi connectivity index (χ3v) is 6.78. The van der Waals surface area contributed by atoms with Crippen molar-refractivity contribution in [3.8, 4) is 11.3 Å². The summed E-state index contributed by atoms with van der Waals surface area (Å²) in [6.45, 7) is 2.57. The molecule has 1 amide bonds. The van der Waals surface area contributed by atoms with Crippen LogP contribution in [0.5, 0.6) is 0 Å². The molecule has 0 bridgehead atoms. The van der Waals surface area contributed by atoms with Crippen LogP contribution in [0.25, 0.3) is 27.7 Å². The second-order valence-electron chi connectivity index (χ2n) is 8.50. The number of H-pyrrole nitrogens is 1. The van der Waals surface area contributed by atoms with E-state index in [-0.39, 0.29) is 17.9 Å². The van der Waals surface area contributed by atoms with Gasteiger partial charge in [-0.05, 0) is 47.6 Å². The summed E-state index contributed by atoms with van der Waals surface area (Å²) in [5.41, 5.74) is 7.60. The molecule has 146 valence electrons. The van der Waals surface area contributed by atoms with Gasteiger partial charge in [-0.1, -0.05) is 48.5 Å². The molecule has 6 rings (SSSR count). The minimum Gasteiger partial charge on any atom is -0.354 e. The summed E-state index contributed by atoms with van der Waals surface area (Å²) < 4.78 is 0. The van der Waals surface area contributed by atoms with Crippen molar-refractivity contribution in [3.05, 3.63) is 65.7 Å². The van der Waals surface area contributed by atoms with Crippen LogP contribution in [0.3, 0.4) is 0 Å². The zero-order valence-electron chi connectivity index (χ0n) is 16.4. The smallest absolute Gasteiger partial charge is 0.230 e. The number of rotatable bonds is 2. The zero-order chi connectivity index (χ0) is 19.4. The lowest BCUT2D eigenvalue weighted by atomic mass is 9.79. The molecule has 2 aromatic carbocycles. The number of aromatic amines is 1. The topological polar surface area (TPSA) is 48.1 Å². The number of hydrogen-bond donors (Lipinski definition) is 2. The van der Waals surface area contributed by atoms with Crippen molar-refractivity contribution in [3.63, 3.8) is 0 Å². The maximum absolute atomic E-state index is 13.0. The zero-order valence-corrected chi connectivity index (χ0v) is 16.4. The lowest BCUT2D eigenvalue weighted by molar-refractivity contribution is -0.132. The summed E-state index contributed by atoms with van der Waals surface area (Å²) in [5, 5.41) is 5.02. The maximum atomic E-state index is 13.0. The molecule has 2 atom stereocenters. The van der Waals surface area contributed by atoms with Gasteiger partial charge in [0.1, 0.15) is 0 Å². The molecule has 4 heteroatoms. The molecule has 1 fully saturated rings. The molecule has 0 spiro atoms. The molecule has 1 saturated heterocycles. The van der Waals surface area contributed by atoms with Gasteiger partial charge in [-0.15, -0.1) is 0 Å². The molecular weight excluding hydrogens is 358 g/mol. The Bertz CT molecular complexity index is 1120. The minimum absolute atomic E-state index is 0.0521. The molecule has 3 heterocycles. The largest absolute Gasteiger partial charge is 0.354 e. The van der Waals surface area contributed by atoms with Gasteiger partial charge in [0.05, 0.1) is 5.92 Å². The summed E-state index contributed by atoms with van der Waals surface area (Å²) in [5.74, 6) is 0.238. The summed E-state index contributed by atoms with van der Waals surface area (Å²) in [6, 6.07) is 17.4. The molecule has 2 N–H and O–H groups in total. The second-order valence-corrected chi connectivity index (χ2v) is 8.50. The van der Waals surface area contributed by atoms with E-state index in [0.29, 0.717) is 0 Å². The Morgan fingerprint density at radius 1 is 1.00 bits per heavy atom. The highest BCUT2D eigenvalue weighted by molar-refractivity contribution is 6.02. The summed E-state index contributed by atoms with van der Waals surface area (Å²) in [7, 11) is 0. The molecule has 3 aromatic rings. The predicted octanol–water partition coefficient (Wildman–Crippen LogP) is 3.98. The lowest BCUT2D eigenvalue weighted by Gasteiger charge is -2.34. The number of aromatic nitrogens is 1. The van der Waals surface area contributed by atoms with Crippen molar-refractivity contribution < 1.29 is 4.79 Å². The first-order valence-electron chi connectivity index (χ1n) is 10.7. The quantitative estimate of drug-likeness (QED) is 0.703. The van der Waals surface area contributed by atoms with Crippen LogP contribution in [0.15, 0.2) is 54.6 Å². The first-order chi connectivity index (χ1) is 14.3. The van der Waals surface area contributed by atoms with E-state index < -0.39 is 0 Å². The third kappa shape index (κ3) is 2.66. The van der Waals surface area contributed by atoms with Crippen LogP contribution in [0.1, 0.15) is 24.0 Å². The molecule has 0 saturated carbocycles. The number of fused-ring (bicyclic) bond motifs is 2. The van der Waals surface area contributed by atoms with Crippen LogP contribution in [-0.2, 0) is 11.2 Å². The van der Waals surface area contributed by atoms with Crippen molar-refractivity contribution in [2.75, 3.05) is 19.6 Å². The molecule has 3 aliphatic rings. The van der Waals surface area contributed by atoms with Gasteiger partial charge >= 0.3 is 0 Å². The Balaban J connectivity index is 1.46. The van der Waals surface area contributed by atoms with Crippen LogP contribution in [0.2, 0.25) is 0 Å². The number of benzene rings is 2. The van der Waals surface area contributed by atoms with E-state index >= 15 is 0 Å². The van der Waals surface area contributed by atoms with E-state index in [9.17, 15) is 4.79 Å². The number of carbonyl (C=O) groups is 1. The van der Waals surface area contributed by atoms with Crippen molar-refractivity contribution >= 4 is 22.4 Å². The Hall–Kier alpha value is -2.85. The molecule has 4 nitrogen and oxygen atoms in total. The van der Waals surface area contributed by atoms with Gasteiger partial charge in [0, 0.05) is 42.3 Å².